The fourth-order valence-electron chi connectivity index (χ4n) is 3.05. The summed E-state index contributed by atoms with van der Waals surface area (Å²) in [6.45, 7) is 1.67. The summed E-state index contributed by atoms with van der Waals surface area (Å²) in [5, 5.41) is 9.96. The Labute approximate surface area is 145 Å². The molecule has 134 valence electrons. The van der Waals surface area contributed by atoms with Crippen molar-refractivity contribution in [3.8, 4) is 0 Å². The van der Waals surface area contributed by atoms with Crippen LogP contribution in [0.2, 0.25) is 0 Å². The van der Waals surface area contributed by atoms with Crippen molar-refractivity contribution in [2.24, 2.45) is 5.92 Å². The fraction of sp³-hybridized carbons (Fsp3) is 0.471. The van der Waals surface area contributed by atoms with Crippen molar-refractivity contribution < 1.29 is 14.0 Å². The molecule has 2 N–H and O–H groups in total. The molecule has 1 saturated heterocycles. The van der Waals surface area contributed by atoms with Crippen LogP contribution in [-0.4, -0.2) is 60.6 Å². The molecule has 0 saturated carbocycles. The van der Waals surface area contributed by atoms with Gasteiger partial charge in [0.1, 0.15) is 5.82 Å². The SMILES string of the molecule is CN(C)CCCNC(=O)[C@H]1CC(=O)N(c2n[nH]c3cccc(F)c23)C1. The molecule has 8 heteroatoms. The van der Waals surface area contributed by atoms with Crippen LogP contribution in [0.15, 0.2) is 18.2 Å². The first-order valence-electron chi connectivity index (χ1n) is 8.32. The van der Waals surface area contributed by atoms with Gasteiger partial charge in [-0.2, -0.15) is 5.10 Å². The summed E-state index contributed by atoms with van der Waals surface area (Å²) in [5.74, 6) is -0.989. The van der Waals surface area contributed by atoms with Crippen LogP contribution in [0.5, 0.6) is 0 Å². The van der Waals surface area contributed by atoms with Gasteiger partial charge in [0.2, 0.25) is 11.8 Å². The predicted octanol–water partition coefficient (Wildman–Crippen LogP) is 1.12. The van der Waals surface area contributed by atoms with Crippen molar-refractivity contribution in [2.75, 3.05) is 38.6 Å². The lowest BCUT2D eigenvalue weighted by molar-refractivity contribution is -0.126. The monoisotopic (exact) mass is 347 g/mol. The number of halogens is 1. The molecule has 0 spiro atoms. The number of fused-ring (bicyclic) bond motifs is 1. The molecule has 0 radical (unpaired) electrons. The lowest BCUT2D eigenvalue weighted by Gasteiger charge is -2.15. The molecule has 1 aromatic carbocycles. The van der Waals surface area contributed by atoms with Crippen molar-refractivity contribution >= 4 is 28.5 Å². The normalized spacial score (nSPS) is 17.7. The number of aromatic nitrogens is 2. The fourth-order valence-corrected chi connectivity index (χ4v) is 3.05. The smallest absolute Gasteiger partial charge is 0.229 e. The van der Waals surface area contributed by atoms with Crippen LogP contribution < -0.4 is 10.2 Å². The van der Waals surface area contributed by atoms with E-state index in [0.717, 1.165) is 13.0 Å². The van der Waals surface area contributed by atoms with Gasteiger partial charge in [-0.05, 0) is 39.2 Å². The predicted molar refractivity (Wildman–Crippen MR) is 92.7 cm³/mol. The van der Waals surface area contributed by atoms with Crippen molar-refractivity contribution in [1.29, 1.82) is 0 Å². The van der Waals surface area contributed by atoms with Crippen LogP contribution in [-0.2, 0) is 9.59 Å². The van der Waals surface area contributed by atoms with Crippen LogP contribution in [0.4, 0.5) is 10.2 Å². The molecule has 1 atom stereocenters. The lowest BCUT2D eigenvalue weighted by atomic mass is 10.1. The summed E-state index contributed by atoms with van der Waals surface area (Å²) in [6.07, 6.45) is 0.959. The van der Waals surface area contributed by atoms with Gasteiger partial charge < -0.3 is 10.2 Å². The molecule has 0 unspecified atom stereocenters. The molecule has 2 heterocycles. The van der Waals surface area contributed by atoms with E-state index < -0.39 is 11.7 Å². The minimum absolute atomic E-state index is 0.113. The lowest BCUT2D eigenvalue weighted by Crippen LogP contribution is -2.34. The first-order chi connectivity index (χ1) is 12.0. The van der Waals surface area contributed by atoms with Gasteiger partial charge >= 0.3 is 0 Å². The molecule has 7 nitrogen and oxygen atoms in total. The first kappa shape index (κ1) is 17.3. The molecule has 2 amide bonds. The molecule has 1 aliphatic heterocycles. The van der Waals surface area contributed by atoms with Crippen LogP contribution in [0.3, 0.4) is 0 Å². The third kappa shape index (κ3) is 3.63. The van der Waals surface area contributed by atoms with E-state index in [1.54, 1.807) is 12.1 Å². The highest BCUT2D eigenvalue weighted by atomic mass is 19.1. The Bertz CT molecular complexity index is 788. The maximum Gasteiger partial charge on any atom is 0.229 e. The topological polar surface area (TPSA) is 81.3 Å². The summed E-state index contributed by atoms with van der Waals surface area (Å²) >= 11 is 0. The number of carbonyl (C=O) groups is 2. The van der Waals surface area contributed by atoms with Crippen molar-refractivity contribution in [2.45, 2.75) is 12.8 Å². The van der Waals surface area contributed by atoms with E-state index in [0.29, 0.717) is 12.1 Å². The molecular formula is C17H22FN5O2. The number of amides is 2. The Kier molecular flexibility index (Phi) is 4.98. The summed E-state index contributed by atoms with van der Waals surface area (Å²) < 4.78 is 14.1. The van der Waals surface area contributed by atoms with Gasteiger partial charge in [0.05, 0.1) is 16.8 Å². The van der Waals surface area contributed by atoms with Crippen LogP contribution in [0.25, 0.3) is 10.9 Å². The number of rotatable bonds is 6. The second-order valence-corrected chi connectivity index (χ2v) is 6.56. The van der Waals surface area contributed by atoms with E-state index in [-0.39, 0.29) is 36.0 Å². The van der Waals surface area contributed by atoms with Gasteiger partial charge in [0.15, 0.2) is 5.82 Å². The summed E-state index contributed by atoms with van der Waals surface area (Å²) in [6, 6.07) is 4.61. The van der Waals surface area contributed by atoms with Crippen LogP contribution in [0, 0.1) is 11.7 Å². The van der Waals surface area contributed by atoms with Gasteiger partial charge in [-0.25, -0.2) is 4.39 Å². The average molecular weight is 347 g/mol. The third-order valence-corrected chi connectivity index (χ3v) is 4.35. The third-order valence-electron chi connectivity index (χ3n) is 4.35. The van der Waals surface area contributed by atoms with E-state index in [4.69, 9.17) is 0 Å². The van der Waals surface area contributed by atoms with Gasteiger partial charge in [0.25, 0.3) is 0 Å². The molecule has 3 rings (SSSR count). The highest BCUT2D eigenvalue weighted by molar-refractivity contribution is 6.05. The molecule has 0 aliphatic carbocycles. The summed E-state index contributed by atoms with van der Waals surface area (Å²) in [5.41, 5.74) is 0.527. The number of carbonyl (C=O) groups excluding carboxylic acids is 2. The number of nitrogens with one attached hydrogen (secondary N) is 2. The van der Waals surface area contributed by atoms with E-state index in [1.165, 1.54) is 11.0 Å². The Balaban J connectivity index is 1.67. The zero-order chi connectivity index (χ0) is 18.0. The Morgan fingerprint density at radius 1 is 1.48 bits per heavy atom. The van der Waals surface area contributed by atoms with E-state index in [9.17, 15) is 14.0 Å². The van der Waals surface area contributed by atoms with Gasteiger partial charge in [-0.15, -0.1) is 0 Å². The van der Waals surface area contributed by atoms with Crippen LogP contribution in [0.1, 0.15) is 12.8 Å². The van der Waals surface area contributed by atoms with Gasteiger partial charge in [0, 0.05) is 19.5 Å². The zero-order valence-corrected chi connectivity index (χ0v) is 14.4. The first-order valence-corrected chi connectivity index (χ1v) is 8.32. The van der Waals surface area contributed by atoms with Gasteiger partial charge in [-0.1, -0.05) is 6.07 Å². The van der Waals surface area contributed by atoms with Crippen molar-refractivity contribution in [3.05, 3.63) is 24.0 Å². The summed E-state index contributed by atoms with van der Waals surface area (Å²) in [7, 11) is 3.95. The Morgan fingerprint density at radius 2 is 2.28 bits per heavy atom. The highest BCUT2D eigenvalue weighted by Crippen LogP contribution is 2.31. The van der Waals surface area contributed by atoms with Crippen molar-refractivity contribution in [1.82, 2.24) is 20.4 Å². The van der Waals surface area contributed by atoms with E-state index in [2.05, 4.69) is 15.5 Å². The van der Waals surface area contributed by atoms with E-state index >= 15 is 0 Å². The highest BCUT2D eigenvalue weighted by Gasteiger charge is 2.37. The maximum absolute atomic E-state index is 14.1. The molecular weight excluding hydrogens is 325 g/mol. The standard InChI is InChI=1S/C17H22FN5O2/c1-22(2)8-4-7-19-17(25)11-9-14(24)23(10-11)16-15-12(18)5-3-6-13(15)20-21-16/h3,5-6,11H,4,7-10H2,1-2H3,(H,19,25)(H,20,21)/t11-/m0/s1. The summed E-state index contributed by atoms with van der Waals surface area (Å²) in [4.78, 5) is 28.0. The second-order valence-electron chi connectivity index (χ2n) is 6.56. The second kappa shape index (κ2) is 7.18. The molecule has 1 fully saturated rings. The molecule has 1 aliphatic rings. The zero-order valence-electron chi connectivity index (χ0n) is 14.4. The molecule has 1 aromatic heterocycles. The van der Waals surface area contributed by atoms with Crippen molar-refractivity contribution in [3.63, 3.8) is 0 Å². The Hall–Kier alpha value is -2.48. The number of anilines is 1. The number of hydrogen-bond donors (Lipinski definition) is 2. The number of nitrogens with zero attached hydrogens (tertiary/aromatic N) is 3. The Morgan fingerprint density at radius 3 is 3.04 bits per heavy atom. The average Bonchev–Trinajstić information content (AvgIpc) is 3.15. The maximum atomic E-state index is 14.1. The van der Waals surface area contributed by atoms with Crippen LogP contribution >= 0.6 is 0 Å². The minimum atomic E-state index is -0.439. The molecule has 0 bridgehead atoms. The van der Waals surface area contributed by atoms with Gasteiger partial charge in [-0.3, -0.25) is 19.6 Å². The minimum Gasteiger partial charge on any atom is -0.356 e. The van der Waals surface area contributed by atoms with E-state index in [1.807, 2.05) is 19.0 Å². The number of hydrogen-bond acceptors (Lipinski definition) is 4. The number of benzene rings is 1. The molecule has 2 aromatic rings. The largest absolute Gasteiger partial charge is 0.356 e. The number of H-pyrrole nitrogens is 1. The molecule has 25 heavy (non-hydrogen) atoms. The number of aromatic amines is 1. The quantitative estimate of drug-likeness (QED) is 0.768.